The molecular weight excluding hydrogens is 244 g/mol. The third kappa shape index (κ3) is 6.09. The van der Waals surface area contributed by atoms with Gasteiger partial charge in [-0.2, -0.15) is 0 Å². The predicted molar refractivity (Wildman–Crippen MR) is 85.9 cm³/mol. The summed E-state index contributed by atoms with van der Waals surface area (Å²) in [6.45, 7) is 3.19. The van der Waals surface area contributed by atoms with Crippen LogP contribution in [0.3, 0.4) is 0 Å². The average molecular weight is 273 g/mol. The van der Waals surface area contributed by atoms with Crippen LogP contribution >= 0.6 is 0 Å². The van der Waals surface area contributed by atoms with E-state index in [-0.39, 0.29) is 0 Å². The number of aryl methyl sites for hydroxylation is 1. The number of rotatable bonds is 11. The molecule has 20 heavy (non-hydrogen) atoms. The molecule has 1 saturated heterocycles. The molecule has 2 rings (SSSR count). The maximum atomic E-state index is 5.30. The Morgan fingerprint density at radius 1 is 1.00 bits per heavy atom. The normalized spacial score (nSPS) is 17.4. The lowest BCUT2D eigenvalue weighted by Crippen LogP contribution is -1.97. The van der Waals surface area contributed by atoms with E-state index in [1.807, 2.05) is 0 Å². The van der Waals surface area contributed by atoms with Crippen molar-refractivity contribution in [2.75, 3.05) is 6.61 Å². The van der Waals surface area contributed by atoms with Crippen molar-refractivity contribution < 1.29 is 4.74 Å². The van der Waals surface area contributed by atoms with Crippen molar-refractivity contribution in [1.82, 2.24) is 0 Å². The molecule has 1 unspecified atom stereocenters. The molecule has 1 aromatic carbocycles. The molecular formula is C19H29O. The molecule has 0 spiro atoms. The molecule has 1 atom stereocenters. The molecule has 1 heteroatoms. The Morgan fingerprint density at radius 2 is 1.65 bits per heavy atom. The van der Waals surface area contributed by atoms with Gasteiger partial charge in [-0.15, -0.1) is 0 Å². The maximum Gasteiger partial charge on any atom is 0.0885 e. The second-order valence-corrected chi connectivity index (χ2v) is 5.96. The topological polar surface area (TPSA) is 12.5 Å². The highest BCUT2D eigenvalue weighted by atomic mass is 16.6. The first-order valence-corrected chi connectivity index (χ1v) is 8.44. The van der Waals surface area contributed by atoms with Gasteiger partial charge in [0.15, 0.2) is 0 Å². The van der Waals surface area contributed by atoms with Crippen molar-refractivity contribution in [3.63, 3.8) is 0 Å². The van der Waals surface area contributed by atoms with E-state index in [2.05, 4.69) is 37.6 Å². The van der Waals surface area contributed by atoms with Gasteiger partial charge < -0.3 is 4.74 Å². The number of hydrogen-bond acceptors (Lipinski definition) is 1. The van der Waals surface area contributed by atoms with Gasteiger partial charge in [0.1, 0.15) is 0 Å². The van der Waals surface area contributed by atoms with Gasteiger partial charge in [0, 0.05) is 6.42 Å². The fraction of sp³-hybridized carbons (Fsp3) is 0.632. The van der Waals surface area contributed by atoms with Gasteiger partial charge in [-0.25, -0.2) is 0 Å². The van der Waals surface area contributed by atoms with E-state index in [9.17, 15) is 0 Å². The summed E-state index contributed by atoms with van der Waals surface area (Å²) in [6.07, 6.45) is 15.0. The summed E-state index contributed by atoms with van der Waals surface area (Å²) in [5, 5.41) is 0. The van der Waals surface area contributed by atoms with Gasteiger partial charge in [0.2, 0.25) is 0 Å². The standard InChI is InChI=1S/C19H29O/c1-2-3-4-5-6-7-8-9-12-17-13-10-11-14-18(17)15-19-16-20-19/h10-11,13-15,19H,2-9,12,16H2,1H3. The smallest absolute Gasteiger partial charge is 0.0885 e. The van der Waals surface area contributed by atoms with Gasteiger partial charge in [0.25, 0.3) is 0 Å². The predicted octanol–water partition coefficient (Wildman–Crippen LogP) is 5.32. The quantitative estimate of drug-likeness (QED) is 0.392. The first-order chi connectivity index (χ1) is 9.90. The minimum absolute atomic E-state index is 0.384. The Kier molecular flexibility index (Phi) is 7.14. The Hall–Kier alpha value is -0.820. The first kappa shape index (κ1) is 15.6. The number of unbranched alkanes of at least 4 members (excludes halogenated alkanes) is 7. The Labute approximate surface area is 124 Å². The minimum Gasteiger partial charge on any atom is -0.372 e. The lowest BCUT2D eigenvalue weighted by molar-refractivity contribution is 0.432. The summed E-state index contributed by atoms with van der Waals surface area (Å²) in [5.74, 6) is 0. The molecule has 111 valence electrons. The molecule has 0 aliphatic carbocycles. The van der Waals surface area contributed by atoms with Crippen molar-refractivity contribution in [3.05, 3.63) is 41.8 Å². The summed E-state index contributed by atoms with van der Waals surface area (Å²) in [6, 6.07) is 8.79. The molecule has 0 aromatic heterocycles. The lowest BCUT2D eigenvalue weighted by Gasteiger charge is -2.08. The monoisotopic (exact) mass is 273 g/mol. The van der Waals surface area contributed by atoms with Crippen LogP contribution in [0.1, 0.15) is 69.4 Å². The van der Waals surface area contributed by atoms with E-state index in [1.165, 1.54) is 68.9 Å². The molecule has 1 radical (unpaired) electrons. The molecule has 1 aliphatic heterocycles. The van der Waals surface area contributed by atoms with Crippen LogP contribution in [0.2, 0.25) is 0 Å². The van der Waals surface area contributed by atoms with Gasteiger partial charge in [-0.05, 0) is 24.0 Å². The fourth-order valence-electron chi connectivity index (χ4n) is 2.73. The van der Waals surface area contributed by atoms with Crippen molar-refractivity contribution in [3.8, 4) is 0 Å². The molecule has 1 nitrogen and oxygen atoms in total. The number of hydrogen-bond donors (Lipinski definition) is 0. The number of ether oxygens (including phenoxy) is 1. The average Bonchev–Trinajstić information content (AvgIpc) is 3.27. The van der Waals surface area contributed by atoms with Gasteiger partial charge in [0.05, 0.1) is 12.7 Å². The van der Waals surface area contributed by atoms with Crippen LogP contribution in [0.4, 0.5) is 0 Å². The second-order valence-electron chi connectivity index (χ2n) is 5.96. The highest BCUT2D eigenvalue weighted by molar-refractivity contribution is 5.35. The van der Waals surface area contributed by atoms with E-state index >= 15 is 0 Å². The van der Waals surface area contributed by atoms with E-state index < -0.39 is 0 Å². The SMILES string of the molecule is CCCCCCCCCCc1ccccc1[CH]C1CO1. The third-order valence-electron chi connectivity index (χ3n) is 4.08. The first-order valence-electron chi connectivity index (χ1n) is 8.44. The number of benzene rings is 1. The van der Waals surface area contributed by atoms with Crippen LogP contribution in [0, 0.1) is 6.42 Å². The summed E-state index contributed by atoms with van der Waals surface area (Å²) < 4.78 is 5.30. The molecule has 0 saturated carbocycles. The van der Waals surface area contributed by atoms with Crippen molar-refractivity contribution in [1.29, 1.82) is 0 Å². The summed E-state index contributed by atoms with van der Waals surface area (Å²) in [5.41, 5.74) is 2.88. The third-order valence-corrected chi connectivity index (χ3v) is 4.08. The zero-order valence-electron chi connectivity index (χ0n) is 12.9. The summed E-state index contributed by atoms with van der Waals surface area (Å²) >= 11 is 0. The number of epoxide rings is 1. The Morgan fingerprint density at radius 3 is 2.35 bits per heavy atom. The molecule has 1 aromatic rings. The summed E-state index contributed by atoms with van der Waals surface area (Å²) in [4.78, 5) is 0. The molecule has 1 heterocycles. The van der Waals surface area contributed by atoms with Crippen molar-refractivity contribution in [2.45, 2.75) is 70.8 Å². The zero-order chi connectivity index (χ0) is 14.0. The van der Waals surface area contributed by atoms with Crippen LogP contribution in [-0.2, 0) is 11.2 Å². The molecule has 0 bridgehead atoms. The van der Waals surface area contributed by atoms with E-state index in [4.69, 9.17) is 4.74 Å². The molecule has 1 aliphatic rings. The minimum atomic E-state index is 0.384. The molecule has 0 amide bonds. The van der Waals surface area contributed by atoms with Crippen LogP contribution in [0.15, 0.2) is 24.3 Å². The van der Waals surface area contributed by atoms with Gasteiger partial charge in [-0.1, -0.05) is 76.1 Å². The van der Waals surface area contributed by atoms with Crippen molar-refractivity contribution in [2.24, 2.45) is 0 Å². The second kappa shape index (κ2) is 9.18. The zero-order valence-corrected chi connectivity index (χ0v) is 12.9. The van der Waals surface area contributed by atoms with Crippen LogP contribution < -0.4 is 0 Å². The van der Waals surface area contributed by atoms with Gasteiger partial charge >= 0.3 is 0 Å². The van der Waals surface area contributed by atoms with Crippen LogP contribution in [0.5, 0.6) is 0 Å². The molecule has 1 fully saturated rings. The molecule has 0 N–H and O–H groups in total. The van der Waals surface area contributed by atoms with E-state index in [0.717, 1.165) is 6.61 Å². The lowest BCUT2D eigenvalue weighted by atomic mass is 9.97. The largest absolute Gasteiger partial charge is 0.372 e. The maximum absolute atomic E-state index is 5.30. The van der Waals surface area contributed by atoms with Crippen LogP contribution in [0.25, 0.3) is 0 Å². The highest BCUT2D eigenvalue weighted by Gasteiger charge is 2.23. The highest BCUT2D eigenvalue weighted by Crippen LogP contribution is 2.22. The van der Waals surface area contributed by atoms with Crippen LogP contribution in [-0.4, -0.2) is 12.7 Å². The van der Waals surface area contributed by atoms with Gasteiger partial charge in [-0.3, -0.25) is 0 Å². The fourth-order valence-corrected chi connectivity index (χ4v) is 2.73. The Bertz CT molecular complexity index is 368. The van der Waals surface area contributed by atoms with E-state index in [1.54, 1.807) is 0 Å². The van der Waals surface area contributed by atoms with Crippen molar-refractivity contribution >= 4 is 0 Å². The Balaban J connectivity index is 1.59. The van der Waals surface area contributed by atoms with E-state index in [0.29, 0.717) is 6.10 Å². The summed E-state index contributed by atoms with van der Waals surface area (Å²) in [7, 11) is 0.